The van der Waals surface area contributed by atoms with E-state index in [9.17, 15) is 4.79 Å². The van der Waals surface area contributed by atoms with Gasteiger partial charge in [0.2, 0.25) is 0 Å². The van der Waals surface area contributed by atoms with Crippen molar-refractivity contribution in [2.75, 3.05) is 6.61 Å². The molecule has 0 unspecified atom stereocenters. The van der Waals surface area contributed by atoms with Gasteiger partial charge in [-0.25, -0.2) is 0 Å². The molecular formula is C19H22O2. The predicted octanol–water partition coefficient (Wildman–Crippen LogP) is 4.43. The molecule has 0 N–H and O–H groups in total. The van der Waals surface area contributed by atoms with Crippen molar-refractivity contribution in [1.29, 1.82) is 0 Å². The summed E-state index contributed by atoms with van der Waals surface area (Å²) in [6, 6.07) is 17.8. The zero-order chi connectivity index (χ0) is 14.9. The number of carbonyl (C=O) groups excluding carboxylic acids is 1. The lowest BCUT2D eigenvalue weighted by molar-refractivity contribution is 0.0726. The normalized spacial score (nSPS) is 10.5. The summed E-state index contributed by atoms with van der Waals surface area (Å²) in [7, 11) is 0. The second-order valence-electron chi connectivity index (χ2n) is 5.20. The molecule has 0 aromatic heterocycles. The Kier molecular flexibility index (Phi) is 6.17. The molecule has 0 aliphatic rings. The van der Waals surface area contributed by atoms with Crippen LogP contribution in [0.15, 0.2) is 54.6 Å². The summed E-state index contributed by atoms with van der Waals surface area (Å²) in [6.07, 6.45) is 3.46. The molecule has 0 atom stereocenters. The quantitative estimate of drug-likeness (QED) is 0.670. The van der Waals surface area contributed by atoms with E-state index in [2.05, 4.69) is 6.92 Å². The Labute approximate surface area is 126 Å². The molecule has 0 bridgehead atoms. The van der Waals surface area contributed by atoms with E-state index < -0.39 is 0 Å². The van der Waals surface area contributed by atoms with Crippen LogP contribution in [0.5, 0.6) is 0 Å². The van der Waals surface area contributed by atoms with Crippen LogP contribution in [0.2, 0.25) is 0 Å². The Hall–Kier alpha value is -1.93. The third kappa shape index (κ3) is 5.16. The van der Waals surface area contributed by atoms with Gasteiger partial charge >= 0.3 is 0 Å². The number of ether oxygens (including phenoxy) is 1. The van der Waals surface area contributed by atoms with Gasteiger partial charge in [-0.2, -0.15) is 0 Å². The van der Waals surface area contributed by atoms with Crippen LogP contribution in [0.3, 0.4) is 0 Å². The van der Waals surface area contributed by atoms with Gasteiger partial charge in [-0.15, -0.1) is 0 Å². The van der Waals surface area contributed by atoms with Gasteiger partial charge in [0.1, 0.15) is 6.61 Å². The molecule has 2 heteroatoms. The fourth-order valence-electron chi connectivity index (χ4n) is 2.16. The van der Waals surface area contributed by atoms with Gasteiger partial charge in [0.25, 0.3) is 0 Å². The lowest BCUT2D eigenvalue weighted by atomic mass is 10.0. The second kappa shape index (κ2) is 8.38. The molecule has 0 radical (unpaired) electrons. The van der Waals surface area contributed by atoms with Gasteiger partial charge in [0, 0.05) is 5.56 Å². The topological polar surface area (TPSA) is 26.3 Å². The van der Waals surface area contributed by atoms with Gasteiger partial charge in [-0.3, -0.25) is 4.79 Å². The van der Waals surface area contributed by atoms with Crippen molar-refractivity contribution in [2.45, 2.75) is 32.8 Å². The molecule has 2 aromatic carbocycles. The highest BCUT2D eigenvalue weighted by Crippen LogP contribution is 2.09. The number of benzene rings is 2. The van der Waals surface area contributed by atoms with Gasteiger partial charge in [-0.1, -0.05) is 67.9 Å². The predicted molar refractivity (Wildman–Crippen MR) is 85.5 cm³/mol. The summed E-state index contributed by atoms with van der Waals surface area (Å²) in [5.74, 6) is 0.0352. The maximum Gasteiger partial charge on any atom is 0.188 e. The van der Waals surface area contributed by atoms with Crippen LogP contribution in [0.4, 0.5) is 0 Å². The van der Waals surface area contributed by atoms with E-state index in [0.29, 0.717) is 6.61 Å². The van der Waals surface area contributed by atoms with Crippen LogP contribution in [0.25, 0.3) is 0 Å². The maximum absolute atomic E-state index is 12.0. The number of Topliss-reactive ketones (excluding diaryl/α,β-unsaturated/α-hetero) is 1. The van der Waals surface area contributed by atoms with Crippen LogP contribution >= 0.6 is 0 Å². The Morgan fingerprint density at radius 2 is 1.67 bits per heavy atom. The van der Waals surface area contributed by atoms with Crippen molar-refractivity contribution < 1.29 is 9.53 Å². The van der Waals surface area contributed by atoms with Crippen molar-refractivity contribution >= 4 is 5.78 Å². The van der Waals surface area contributed by atoms with Crippen molar-refractivity contribution in [3.05, 3.63) is 71.3 Å². The summed E-state index contributed by atoms with van der Waals surface area (Å²) < 4.78 is 5.48. The van der Waals surface area contributed by atoms with E-state index in [1.165, 1.54) is 18.4 Å². The van der Waals surface area contributed by atoms with Crippen LogP contribution in [0.1, 0.15) is 41.3 Å². The number of rotatable bonds is 8. The average molecular weight is 282 g/mol. The molecule has 0 aliphatic carbocycles. The minimum absolute atomic E-state index is 0.0352. The highest BCUT2D eigenvalue weighted by molar-refractivity contribution is 5.97. The lowest BCUT2D eigenvalue weighted by Gasteiger charge is -2.05. The number of hydrogen-bond acceptors (Lipinski definition) is 2. The SMILES string of the molecule is CCCCc1ccc(C(=O)COCc2ccccc2)cc1. The van der Waals surface area contributed by atoms with Gasteiger partial charge in [-0.05, 0) is 24.0 Å². The van der Waals surface area contributed by atoms with E-state index in [1.54, 1.807) is 0 Å². The Morgan fingerprint density at radius 3 is 2.33 bits per heavy atom. The van der Waals surface area contributed by atoms with Crippen molar-refractivity contribution in [3.63, 3.8) is 0 Å². The summed E-state index contributed by atoms with van der Waals surface area (Å²) >= 11 is 0. The third-order valence-electron chi connectivity index (χ3n) is 3.44. The zero-order valence-corrected chi connectivity index (χ0v) is 12.5. The lowest BCUT2D eigenvalue weighted by Crippen LogP contribution is -2.09. The number of ketones is 1. The first kappa shape index (κ1) is 15.5. The zero-order valence-electron chi connectivity index (χ0n) is 12.5. The highest BCUT2D eigenvalue weighted by atomic mass is 16.5. The van der Waals surface area contributed by atoms with Crippen LogP contribution in [0, 0.1) is 0 Å². The molecule has 21 heavy (non-hydrogen) atoms. The van der Waals surface area contributed by atoms with Gasteiger partial charge in [0.05, 0.1) is 6.61 Å². The molecule has 0 amide bonds. The van der Waals surface area contributed by atoms with E-state index in [4.69, 9.17) is 4.74 Å². The minimum Gasteiger partial charge on any atom is -0.369 e. The smallest absolute Gasteiger partial charge is 0.188 e. The first-order valence-corrected chi connectivity index (χ1v) is 7.53. The highest BCUT2D eigenvalue weighted by Gasteiger charge is 2.06. The molecule has 0 fully saturated rings. The summed E-state index contributed by atoms with van der Waals surface area (Å²) in [5.41, 5.74) is 3.10. The fraction of sp³-hybridized carbons (Fsp3) is 0.316. The standard InChI is InChI=1S/C19H22O2/c1-2-3-7-16-10-12-18(13-11-16)19(20)15-21-14-17-8-5-4-6-9-17/h4-6,8-13H,2-3,7,14-15H2,1H3. The Bertz CT molecular complexity index is 544. The fourth-order valence-corrected chi connectivity index (χ4v) is 2.16. The number of aryl methyl sites for hydroxylation is 1. The van der Waals surface area contributed by atoms with Crippen molar-refractivity contribution in [2.24, 2.45) is 0 Å². The van der Waals surface area contributed by atoms with E-state index >= 15 is 0 Å². The van der Waals surface area contributed by atoms with E-state index in [1.807, 2.05) is 54.6 Å². The monoisotopic (exact) mass is 282 g/mol. The third-order valence-corrected chi connectivity index (χ3v) is 3.44. The van der Waals surface area contributed by atoms with Crippen LogP contribution < -0.4 is 0 Å². The van der Waals surface area contributed by atoms with E-state index in [-0.39, 0.29) is 12.4 Å². The summed E-state index contributed by atoms with van der Waals surface area (Å²) in [5, 5.41) is 0. The first-order chi connectivity index (χ1) is 10.3. The molecule has 0 aliphatic heterocycles. The Morgan fingerprint density at radius 1 is 0.952 bits per heavy atom. The maximum atomic E-state index is 12.0. The molecular weight excluding hydrogens is 260 g/mol. The molecule has 0 saturated heterocycles. The molecule has 0 saturated carbocycles. The van der Waals surface area contributed by atoms with Crippen LogP contribution in [-0.4, -0.2) is 12.4 Å². The largest absolute Gasteiger partial charge is 0.369 e. The van der Waals surface area contributed by atoms with Gasteiger partial charge in [0.15, 0.2) is 5.78 Å². The van der Waals surface area contributed by atoms with Crippen molar-refractivity contribution in [1.82, 2.24) is 0 Å². The van der Waals surface area contributed by atoms with Crippen LogP contribution in [-0.2, 0) is 17.8 Å². The Balaban J connectivity index is 1.80. The number of hydrogen-bond donors (Lipinski definition) is 0. The molecule has 2 rings (SSSR count). The van der Waals surface area contributed by atoms with E-state index in [0.717, 1.165) is 17.5 Å². The molecule has 0 heterocycles. The van der Waals surface area contributed by atoms with Gasteiger partial charge < -0.3 is 4.74 Å². The molecule has 2 aromatic rings. The first-order valence-electron chi connectivity index (χ1n) is 7.53. The molecule has 0 spiro atoms. The summed E-state index contributed by atoms with van der Waals surface area (Å²) in [4.78, 5) is 12.0. The molecule has 110 valence electrons. The molecule has 2 nitrogen and oxygen atoms in total. The minimum atomic E-state index is 0.0352. The average Bonchev–Trinajstić information content (AvgIpc) is 2.54. The second-order valence-corrected chi connectivity index (χ2v) is 5.20. The summed E-state index contributed by atoms with van der Waals surface area (Å²) in [6.45, 7) is 2.78. The number of carbonyl (C=O) groups is 1. The number of unbranched alkanes of at least 4 members (excludes halogenated alkanes) is 1. The van der Waals surface area contributed by atoms with Crippen molar-refractivity contribution in [3.8, 4) is 0 Å².